The molecular formula is C10H17OSi2. The van der Waals surface area contributed by atoms with Crippen LogP contribution in [0.1, 0.15) is 0 Å². The van der Waals surface area contributed by atoms with Crippen LogP contribution in [0.3, 0.4) is 0 Å². The smallest absolute Gasteiger partial charge is 0.148 e. The molecule has 13 heavy (non-hydrogen) atoms. The van der Waals surface area contributed by atoms with E-state index in [1.54, 1.807) is 0 Å². The van der Waals surface area contributed by atoms with E-state index < -0.39 is 16.9 Å². The van der Waals surface area contributed by atoms with Crippen molar-refractivity contribution in [2.24, 2.45) is 0 Å². The summed E-state index contributed by atoms with van der Waals surface area (Å²) >= 11 is 0. The summed E-state index contributed by atoms with van der Waals surface area (Å²) in [6.07, 6.45) is 0. The Hall–Kier alpha value is -0.546. The van der Waals surface area contributed by atoms with Crippen molar-refractivity contribution in [3.05, 3.63) is 24.4 Å². The van der Waals surface area contributed by atoms with Crippen molar-refractivity contribution in [2.75, 3.05) is 0 Å². The third-order valence-corrected chi connectivity index (χ3v) is 6.06. The predicted octanol–water partition coefficient (Wildman–Crippen LogP) is 1.88. The quantitative estimate of drug-likeness (QED) is 0.693. The fourth-order valence-electron chi connectivity index (χ4n) is 1.05. The molecule has 0 atom stereocenters. The lowest BCUT2D eigenvalue weighted by molar-refractivity contribution is 0.631. The standard InChI is InChI=1S/C10H17OSi2/c1-6-13(4,5)10-8-7-9(11-10)12(2)3/h6-8H,1H2,2-5H3. The van der Waals surface area contributed by atoms with E-state index in [1.165, 1.54) is 5.38 Å². The van der Waals surface area contributed by atoms with Crippen molar-refractivity contribution in [1.29, 1.82) is 0 Å². The van der Waals surface area contributed by atoms with Gasteiger partial charge in [0.2, 0.25) is 0 Å². The van der Waals surface area contributed by atoms with Crippen molar-refractivity contribution in [2.45, 2.75) is 26.2 Å². The molecule has 1 aromatic heterocycles. The average molecular weight is 209 g/mol. The summed E-state index contributed by atoms with van der Waals surface area (Å²) in [4.78, 5) is 0. The maximum absolute atomic E-state index is 5.84. The zero-order chi connectivity index (χ0) is 10.1. The Morgan fingerprint density at radius 1 is 1.38 bits per heavy atom. The van der Waals surface area contributed by atoms with Gasteiger partial charge in [0.05, 0.1) is 10.8 Å². The average Bonchev–Trinajstić information content (AvgIpc) is 2.52. The lowest BCUT2D eigenvalue weighted by atomic mass is 10.7. The number of rotatable bonds is 3. The molecule has 0 bridgehead atoms. The van der Waals surface area contributed by atoms with Crippen molar-refractivity contribution < 1.29 is 4.42 Å². The van der Waals surface area contributed by atoms with Crippen molar-refractivity contribution in [1.82, 2.24) is 0 Å². The van der Waals surface area contributed by atoms with Gasteiger partial charge in [0, 0.05) is 0 Å². The minimum Gasteiger partial charge on any atom is -0.476 e. The molecule has 0 spiro atoms. The van der Waals surface area contributed by atoms with Crippen LogP contribution < -0.4 is 10.8 Å². The molecule has 0 saturated carbocycles. The van der Waals surface area contributed by atoms with E-state index in [1.807, 2.05) is 0 Å². The van der Waals surface area contributed by atoms with E-state index in [2.05, 4.69) is 50.6 Å². The van der Waals surface area contributed by atoms with Gasteiger partial charge in [-0.15, -0.1) is 6.58 Å². The Kier molecular flexibility index (Phi) is 2.98. The summed E-state index contributed by atoms with van der Waals surface area (Å²) in [5, 5.41) is 2.34. The van der Waals surface area contributed by atoms with Crippen LogP contribution in [0.2, 0.25) is 26.2 Å². The van der Waals surface area contributed by atoms with Crippen LogP contribution in [0.4, 0.5) is 0 Å². The molecule has 1 nitrogen and oxygen atoms in total. The van der Waals surface area contributed by atoms with Crippen molar-refractivity contribution >= 4 is 27.6 Å². The Labute approximate surface area is 83.1 Å². The lowest BCUT2D eigenvalue weighted by Crippen LogP contribution is -2.39. The molecule has 0 saturated heterocycles. The van der Waals surface area contributed by atoms with Gasteiger partial charge in [0.1, 0.15) is 16.9 Å². The molecule has 0 aliphatic heterocycles. The maximum atomic E-state index is 5.84. The molecule has 0 unspecified atom stereocenters. The van der Waals surface area contributed by atoms with Crippen LogP contribution >= 0.6 is 0 Å². The molecule has 3 heteroatoms. The maximum Gasteiger partial charge on any atom is 0.148 e. The van der Waals surface area contributed by atoms with Crippen LogP contribution in [-0.2, 0) is 0 Å². The first-order valence-electron chi connectivity index (χ1n) is 4.52. The molecule has 1 radical (unpaired) electrons. The Morgan fingerprint density at radius 2 is 2.00 bits per heavy atom. The second-order valence-electron chi connectivity index (χ2n) is 4.09. The summed E-state index contributed by atoms with van der Waals surface area (Å²) < 4.78 is 5.84. The molecule has 0 fully saturated rings. The second-order valence-corrected chi connectivity index (χ2v) is 10.9. The highest BCUT2D eigenvalue weighted by Crippen LogP contribution is 2.03. The first-order valence-corrected chi connectivity index (χ1v) is 10.1. The Morgan fingerprint density at radius 3 is 2.38 bits per heavy atom. The van der Waals surface area contributed by atoms with Gasteiger partial charge in [-0.05, 0) is 12.1 Å². The van der Waals surface area contributed by atoms with E-state index in [0.717, 1.165) is 5.38 Å². The van der Waals surface area contributed by atoms with Gasteiger partial charge >= 0.3 is 0 Å². The lowest BCUT2D eigenvalue weighted by Gasteiger charge is -2.13. The molecule has 0 aromatic carbocycles. The summed E-state index contributed by atoms with van der Waals surface area (Å²) in [6, 6.07) is 4.25. The first kappa shape index (κ1) is 10.5. The third kappa shape index (κ3) is 2.22. The van der Waals surface area contributed by atoms with Crippen molar-refractivity contribution in [3.8, 4) is 0 Å². The normalized spacial score (nSPS) is 12.1. The molecule has 71 valence electrons. The van der Waals surface area contributed by atoms with E-state index >= 15 is 0 Å². The highest BCUT2D eigenvalue weighted by Gasteiger charge is 2.23. The summed E-state index contributed by atoms with van der Waals surface area (Å²) in [6.45, 7) is 12.9. The molecule has 0 amide bonds. The zero-order valence-electron chi connectivity index (χ0n) is 8.85. The van der Waals surface area contributed by atoms with E-state index in [4.69, 9.17) is 4.42 Å². The van der Waals surface area contributed by atoms with Gasteiger partial charge in [0.15, 0.2) is 0 Å². The predicted molar refractivity (Wildman–Crippen MR) is 63.1 cm³/mol. The summed E-state index contributed by atoms with van der Waals surface area (Å²) in [5.41, 5.74) is 2.06. The van der Waals surface area contributed by atoms with Crippen LogP contribution in [-0.4, -0.2) is 16.9 Å². The molecule has 0 aliphatic rings. The highest BCUT2D eigenvalue weighted by molar-refractivity contribution is 6.93. The largest absolute Gasteiger partial charge is 0.476 e. The van der Waals surface area contributed by atoms with Gasteiger partial charge in [-0.1, -0.05) is 31.9 Å². The zero-order valence-corrected chi connectivity index (χ0v) is 10.8. The Bertz CT molecular complexity index is 300. The van der Waals surface area contributed by atoms with Crippen LogP contribution in [0.15, 0.2) is 28.8 Å². The van der Waals surface area contributed by atoms with Gasteiger partial charge in [-0.25, -0.2) is 0 Å². The minimum absolute atomic E-state index is 0.438. The van der Waals surface area contributed by atoms with E-state index in [9.17, 15) is 0 Å². The van der Waals surface area contributed by atoms with E-state index in [0.29, 0.717) is 0 Å². The molecule has 1 aromatic rings. The highest BCUT2D eigenvalue weighted by atomic mass is 28.3. The van der Waals surface area contributed by atoms with Gasteiger partial charge in [0.25, 0.3) is 0 Å². The number of furan rings is 1. The fourth-order valence-corrected chi connectivity index (χ4v) is 2.97. The van der Waals surface area contributed by atoms with Gasteiger partial charge in [-0.2, -0.15) is 0 Å². The van der Waals surface area contributed by atoms with E-state index in [-0.39, 0.29) is 0 Å². The third-order valence-electron chi connectivity index (χ3n) is 2.24. The molecule has 0 aliphatic carbocycles. The topological polar surface area (TPSA) is 13.1 Å². The number of hydrogen-bond acceptors (Lipinski definition) is 1. The monoisotopic (exact) mass is 209 g/mol. The molecule has 1 heterocycles. The van der Waals surface area contributed by atoms with Crippen LogP contribution in [0, 0.1) is 0 Å². The summed E-state index contributed by atoms with van der Waals surface area (Å²) in [5.74, 6) is 0. The molecular weight excluding hydrogens is 192 g/mol. The van der Waals surface area contributed by atoms with Gasteiger partial charge < -0.3 is 4.42 Å². The SMILES string of the molecule is C=C[Si](C)(C)c1ccc([Si](C)C)o1. The van der Waals surface area contributed by atoms with Gasteiger partial charge in [-0.3, -0.25) is 0 Å². The molecule has 1 rings (SSSR count). The minimum atomic E-state index is -1.46. The van der Waals surface area contributed by atoms with Crippen LogP contribution in [0.25, 0.3) is 0 Å². The fraction of sp³-hybridized carbons (Fsp3) is 0.400. The second kappa shape index (κ2) is 3.68. The Balaban J connectivity index is 2.98. The number of hydrogen-bond donors (Lipinski definition) is 0. The van der Waals surface area contributed by atoms with Crippen LogP contribution in [0.5, 0.6) is 0 Å². The first-order chi connectivity index (χ1) is 5.97. The van der Waals surface area contributed by atoms with Crippen molar-refractivity contribution in [3.63, 3.8) is 0 Å². The molecule has 0 N–H and O–H groups in total. The summed E-state index contributed by atoms with van der Waals surface area (Å²) in [7, 11) is -1.90.